The standard InChI is InChI=1S/C14H16ClF3N2O2/c1-19-12(21)4-3-5-20(2)13(22)9-6-10(14(16,17)18)8-11(15)7-9/h6-8H,3-5H2,1-2H3,(H,19,21). The van der Waals surface area contributed by atoms with Gasteiger partial charge in [0.05, 0.1) is 5.56 Å². The van der Waals surface area contributed by atoms with Crippen LogP contribution >= 0.6 is 11.6 Å². The minimum atomic E-state index is -4.57. The summed E-state index contributed by atoms with van der Waals surface area (Å²) in [6, 6.07) is 2.72. The van der Waals surface area contributed by atoms with Gasteiger partial charge in [0.2, 0.25) is 5.91 Å². The van der Waals surface area contributed by atoms with E-state index in [0.717, 1.165) is 12.1 Å². The van der Waals surface area contributed by atoms with Gasteiger partial charge in [-0.25, -0.2) is 0 Å². The Bertz CT molecular complexity index is 562. The predicted molar refractivity (Wildman–Crippen MR) is 76.7 cm³/mol. The van der Waals surface area contributed by atoms with Gasteiger partial charge in [-0.3, -0.25) is 9.59 Å². The molecule has 1 aromatic rings. The van der Waals surface area contributed by atoms with Gasteiger partial charge in [-0.2, -0.15) is 13.2 Å². The van der Waals surface area contributed by atoms with Crippen molar-refractivity contribution in [3.8, 4) is 0 Å². The van der Waals surface area contributed by atoms with Gasteiger partial charge in [0.1, 0.15) is 0 Å². The van der Waals surface area contributed by atoms with E-state index in [9.17, 15) is 22.8 Å². The molecule has 122 valence electrons. The molecule has 0 unspecified atom stereocenters. The average molecular weight is 337 g/mol. The number of amides is 2. The van der Waals surface area contributed by atoms with Crippen molar-refractivity contribution >= 4 is 23.4 Å². The molecule has 8 heteroatoms. The van der Waals surface area contributed by atoms with Gasteiger partial charge >= 0.3 is 6.18 Å². The Morgan fingerprint density at radius 1 is 1.27 bits per heavy atom. The Kier molecular flexibility index (Phi) is 6.22. The number of rotatable bonds is 5. The van der Waals surface area contributed by atoms with Crippen LogP contribution in [-0.2, 0) is 11.0 Å². The van der Waals surface area contributed by atoms with Crippen LogP contribution in [0.25, 0.3) is 0 Å². The van der Waals surface area contributed by atoms with Crippen LogP contribution in [0.15, 0.2) is 18.2 Å². The molecule has 0 spiro atoms. The van der Waals surface area contributed by atoms with E-state index in [0.29, 0.717) is 6.42 Å². The summed E-state index contributed by atoms with van der Waals surface area (Å²) in [6.07, 6.45) is -3.93. The lowest BCUT2D eigenvalue weighted by atomic mass is 10.1. The summed E-state index contributed by atoms with van der Waals surface area (Å²) < 4.78 is 38.1. The molecule has 0 aromatic heterocycles. The van der Waals surface area contributed by atoms with Gasteiger partial charge in [-0.05, 0) is 24.6 Å². The zero-order valence-electron chi connectivity index (χ0n) is 12.1. The van der Waals surface area contributed by atoms with E-state index >= 15 is 0 Å². The minimum absolute atomic E-state index is 0.137. The van der Waals surface area contributed by atoms with Gasteiger partial charge < -0.3 is 10.2 Å². The highest BCUT2D eigenvalue weighted by molar-refractivity contribution is 6.31. The van der Waals surface area contributed by atoms with Crippen molar-refractivity contribution in [1.82, 2.24) is 10.2 Å². The van der Waals surface area contributed by atoms with Crippen molar-refractivity contribution in [3.05, 3.63) is 34.3 Å². The van der Waals surface area contributed by atoms with Crippen LogP contribution < -0.4 is 5.32 Å². The molecule has 0 fully saturated rings. The zero-order chi connectivity index (χ0) is 16.9. The van der Waals surface area contributed by atoms with E-state index in [-0.39, 0.29) is 29.5 Å². The molecule has 0 atom stereocenters. The Morgan fingerprint density at radius 2 is 1.91 bits per heavy atom. The normalized spacial score (nSPS) is 11.2. The Hall–Kier alpha value is -1.76. The van der Waals surface area contributed by atoms with Gasteiger partial charge in [-0.1, -0.05) is 11.6 Å². The van der Waals surface area contributed by atoms with Gasteiger partial charge in [0.15, 0.2) is 0 Å². The monoisotopic (exact) mass is 336 g/mol. The van der Waals surface area contributed by atoms with E-state index in [1.807, 2.05) is 0 Å². The first-order chi connectivity index (χ1) is 10.1. The highest BCUT2D eigenvalue weighted by atomic mass is 35.5. The molecule has 0 saturated heterocycles. The highest BCUT2D eigenvalue weighted by Gasteiger charge is 2.32. The summed E-state index contributed by atoms with van der Waals surface area (Å²) in [5.41, 5.74) is -1.11. The number of nitrogens with one attached hydrogen (secondary N) is 1. The molecule has 0 saturated carbocycles. The van der Waals surface area contributed by atoms with Crippen molar-refractivity contribution in [2.45, 2.75) is 19.0 Å². The molecular weight excluding hydrogens is 321 g/mol. The third kappa shape index (κ3) is 5.22. The Morgan fingerprint density at radius 3 is 2.45 bits per heavy atom. The number of alkyl halides is 3. The largest absolute Gasteiger partial charge is 0.416 e. The van der Waals surface area contributed by atoms with Gasteiger partial charge in [0.25, 0.3) is 5.91 Å². The van der Waals surface area contributed by atoms with Gasteiger partial charge in [0, 0.05) is 37.6 Å². The first-order valence-electron chi connectivity index (χ1n) is 6.49. The second kappa shape index (κ2) is 7.49. The number of hydrogen-bond donors (Lipinski definition) is 1. The maximum atomic E-state index is 12.7. The summed E-state index contributed by atoms with van der Waals surface area (Å²) >= 11 is 5.65. The lowest BCUT2D eigenvalue weighted by Gasteiger charge is -2.18. The van der Waals surface area contributed by atoms with Crippen LogP contribution in [0.5, 0.6) is 0 Å². The fourth-order valence-corrected chi connectivity index (χ4v) is 2.04. The second-order valence-electron chi connectivity index (χ2n) is 4.73. The smallest absolute Gasteiger partial charge is 0.359 e. The zero-order valence-corrected chi connectivity index (χ0v) is 12.9. The van der Waals surface area contributed by atoms with E-state index in [1.165, 1.54) is 25.1 Å². The van der Waals surface area contributed by atoms with E-state index in [1.54, 1.807) is 0 Å². The first-order valence-corrected chi connectivity index (χ1v) is 6.86. The van der Waals surface area contributed by atoms with E-state index < -0.39 is 17.6 Å². The summed E-state index contributed by atoms with van der Waals surface area (Å²) in [6.45, 7) is 0.250. The fourth-order valence-electron chi connectivity index (χ4n) is 1.80. The maximum Gasteiger partial charge on any atom is 0.416 e. The molecule has 0 radical (unpaired) electrons. The van der Waals surface area contributed by atoms with Crippen LogP contribution in [0.1, 0.15) is 28.8 Å². The van der Waals surface area contributed by atoms with Gasteiger partial charge in [-0.15, -0.1) is 0 Å². The maximum absolute atomic E-state index is 12.7. The molecule has 0 aliphatic rings. The number of hydrogen-bond acceptors (Lipinski definition) is 2. The van der Waals surface area contributed by atoms with Crippen molar-refractivity contribution in [3.63, 3.8) is 0 Å². The summed E-state index contributed by atoms with van der Waals surface area (Å²) in [7, 11) is 2.96. The minimum Gasteiger partial charge on any atom is -0.359 e. The molecule has 0 aliphatic heterocycles. The van der Waals surface area contributed by atoms with Crippen LogP contribution in [0.3, 0.4) is 0 Å². The molecular formula is C14H16ClF3N2O2. The lowest BCUT2D eigenvalue weighted by molar-refractivity contribution is -0.137. The quantitative estimate of drug-likeness (QED) is 0.898. The molecule has 4 nitrogen and oxygen atoms in total. The number of nitrogens with zero attached hydrogens (tertiary/aromatic N) is 1. The van der Waals surface area contributed by atoms with Crippen molar-refractivity contribution in [2.24, 2.45) is 0 Å². The Balaban J connectivity index is 2.80. The third-order valence-electron chi connectivity index (χ3n) is 2.99. The molecule has 22 heavy (non-hydrogen) atoms. The molecule has 2 amide bonds. The van der Waals surface area contributed by atoms with Crippen molar-refractivity contribution in [1.29, 1.82) is 0 Å². The molecule has 0 bridgehead atoms. The van der Waals surface area contributed by atoms with E-state index in [2.05, 4.69) is 5.32 Å². The predicted octanol–water partition coefficient (Wildman–Crippen LogP) is 2.96. The molecule has 1 rings (SSSR count). The lowest BCUT2D eigenvalue weighted by Crippen LogP contribution is -2.29. The Labute approximate surface area is 131 Å². The number of halogens is 4. The van der Waals surface area contributed by atoms with Crippen molar-refractivity contribution in [2.75, 3.05) is 20.6 Å². The summed E-state index contributed by atoms with van der Waals surface area (Å²) in [5.74, 6) is -0.743. The molecule has 1 N–H and O–H groups in total. The average Bonchev–Trinajstić information content (AvgIpc) is 2.44. The molecule has 0 heterocycles. The molecule has 0 aliphatic carbocycles. The van der Waals surface area contributed by atoms with Crippen molar-refractivity contribution < 1.29 is 22.8 Å². The van der Waals surface area contributed by atoms with Crippen LogP contribution in [0.2, 0.25) is 5.02 Å². The summed E-state index contributed by atoms with van der Waals surface area (Å²) in [4.78, 5) is 24.5. The van der Waals surface area contributed by atoms with Crippen LogP contribution in [0, 0.1) is 0 Å². The van der Waals surface area contributed by atoms with Crippen LogP contribution in [0.4, 0.5) is 13.2 Å². The highest BCUT2D eigenvalue weighted by Crippen LogP contribution is 2.32. The number of benzene rings is 1. The SMILES string of the molecule is CNC(=O)CCCN(C)C(=O)c1cc(Cl)cc(C(F)(F)F)c1. The number of carbonyl (C=O) groups excluding carboxylic acids is 2. The first kappa shape index (κ1) is 18.3. The van der Waals surface area contributed by atoms with Crippen LogP contribution in [-0.4, -0.2) is 37.4 Å². The number of carbonyl (C=O) groups is 2. The topological polar surface area (TPSA) is 49.4 Å². The fraction of sp³-hybridized carbons (Fsp3) is 0.429. The third-order valence-corrected chi connectivity index (χ3v) is 3.21. The second-order valence-corrected chi connectivity index (χ2v) is 5.17. The van der Waals surface area contributed by atoms with E-state index in [4.69, 9.17) is 11.6 Å². The molecule has 1 aromatic carbocycles. The summed E-state index contributed by atoms with van der Waals surface area (Å²) in [5, 5.41) is 2.29.